The van der Waals surface area contributed by atoms with Crippen LogP contribution < -0.4 is 16.4 Å². The van der Waals surface area contributed by atoms with Gasteiger partial charge in [-0.25, -0.2) is 0 Å². The van der Waals surface area contributed by atoms with Crippen LogP contribution in [0.2, 0.25) is 0 Å². The molecule has 31 heavy (non-hydrogen) atoms. The van der Waals surface area contributed by atoms with Gasteiger partial charge in [-0.1, -0.05) is 63.6 Å². The second-order valence-electron chi connectivity index (χ2n) is 7.67. The van der Waals surface area contributed by atoms with Gasteiger partial charge in [0.1, 0.15) is 12.1 Å². The molecule has 2 rings (SSSR count). The first-order valence-corrected chi connectivity index (χ1v) is 11.3. The lowest BCUT2D eigenvalue weighted by Gasteiger charge is -2.37. The zero-order chi connectivity index (χ0) is 23.8. The molecule has 176 valence electrons. The third-order valence-electron chi connectivity index (χ3n) is 4.91. The number of hydrogen-bond acceptors (Lipinski definition) is 4. The second-order valence-corrected chi connectivity index (χ2v) is 7.67. The molecule has 0 aliphatic carbocycles. The van der Waals surface area contributed by atoms with Crippen LogP contribution in [0.15, 0.2) is 36.5 Å². The Morgan fingerprint density at radius 2 is 1.81 bits per heavy atom. The average molecular weight is 435 g/mol. The van der Waals surface area contributed by atoms with Gasteiger partial charge in [-0.3, -0.25) is 14.4 Å². The molecule has 0 spiro atoms. The Bertz CT molecular complexity index is 643. The fourth-order valence-electron chi connectivity index (χ4n) is 3.52. The molecular formula is C24H42N4O3. The lowest BCUT2D eigenvalue weighted by molar-refractivity contribution is -0.145. The smallest absolute Gasteiger partial charge is 0.246 e. The van der Waals surface area contributed by atoms with Crippen LogP contribution in [-0.2, 0) is 14.4 Å². The van der Waals surface area contributed by atoms with Crippen LogP contribution in [-0.4, -0.2) is 54.3 Å². The van der Waals surface area contributed by atoms with Crippen LogP contribution in [0.4, 0.5) is 0 Å². The van der Waals surface area contributed by atoms with Crippen molar-refractivity contribution >= 4 is 17.7 Å². The Hall–Kier alpha value is -2.41. The summed E-state index contributed by atoms with van der Waals surface area (Å²) in [6, 6.07) is -0.821. The highest BCUT2D eigenvalue weighted by Gasteiger charge is 2.45. The number of rotatable bonds is 6. The summed E-state index contributed by atoms with van der Waals surface area (Å²) in [6.45, 7) is 11.9. The van der Waals surface area contributed by atoms with Crippen molar-refractivity contribution in [1.82, 2.24) is 15.5 Å². The highest BCUT2D eigenvalue weighted by molar-refractivity contribution is 5.93. The first-order valence-electron chi connectivity index (χ1n) is 11.3. The molecule has 0 aromatic rings. The Kier molecular flexibility index (Phi) is 15.0. The number of carbonyl (C=O) groups excluding carboxylic acids is 3. The lowest BCUT2D eigenvalue weighted by atomic mass is 9.98. The molecule has 2 aliphatic rings. The SMILES string of the molecule is C=C/C=C(C)\C=C/CC.CCC.CNC(=O)[C@@H]1CC[C@@H]2CC[C@H](NC(=O)CN)C(=O)N21. The first kappa shape index (κ1) is 28.6. The maximum atomic E-state index is 12.4. The summed E-state index contributed by atoms with van der Waals surface area (Å²) in [5, 5.41) is 5.21. The molecule has 3 atom stereocenters. The summed E-state index contributed by atoms with van der Waals surface area (Å²) in [5.74, 6) is -0.640. The molecule has 0 unspecified atom stereocenters. The fourth-order valence-corrected chi connectivity index (χ4v) is 3.52. The van der Waals surface area contributed by atoms with Crippen molar-refractivity contribution in [1.29, 1.82) is 0 Å². The van der Waals surface area contributed by atoms with Gasteiger partial charge in [0.25, 0.3) is 0 Å². The van der Waals surface area contributed by atoms with E-state index < -0.39 is 12.1 Å². The van der Waals surface area contributed by atoms with Crippen molar-refractivity contribution in [3.63, 3.8) is 0 Å². The number of nitrogens with two attached hydrogens (primary N) is 1. The Morgan fingerprint density at radius 1 is 1.19 bits per heavy atom. The van der Waals surface area contributed by atoms with E-state index in [4.69, 9.17) is 5.73 Å². The topological polar surface area (TPSA) is 105 Å². The molecule has 0 saturated carbocycles. The second kappa shape index (κ2) is 16.3. The summed E-state index contributed by atoms with van der Waals surface area (Å²) in [4.78, 5) is 37.1. The van der Waals surface area contributed by atoms with Gasteiger partial charge in [-0.05, 0) is 39.0 Å². The first-order chi connectivity index (χ1) is 14.8. The number of likely N-dealkylation sites (N-methyl/N-ethyl adjacent to an activating group) is 1. The Labute approximate surface area is 188 Å². The number of amides is 3. The number of piperidine rings is 1. The predicted molar refractivity (Wildman–Crippen MR) is 127 cm³/mol. The normalized spacial score (nSPS) is 22.5. The minimum Gasteiger partial charge on any atom is -0.357 e. The van der Waals surface area contributed by atoms with Crippen molar-refractivity contribution in [2.45, 2.75) is 84.3 Å². The standard InChI is InChI=1S/C12H20N4O3.C9H14.C3H8/c1-14-11(18)9-5-3-7-2-4-8(12(19)16(7)9)15-10(17)6-13;1-4-6-8-9(3)7-5-2;1-3-2/h7-9H,2-6,13H2,1H3,(H,14,18)(H,15,17);5-8H,2,4H2,1,3H3;3H2,1-2H3/b;8-6-,9-7-;/t7-,8-,9-;;/m0../s1. The maximum Gasteiger partial charge on any atom is 0.246 e. The number of hydrogen-bond donors (Lipinski definition) is 3. The van der Waals surface area contributed by atoms with E-state index in [1.54, 1.807) is 18.0 Å². The molecule has 2 heterocycles. The van der Waals surface area contributed by atoms with Gasteiger partial charge in [0.2, 0.25) is 17.7 Å². The minimum absolute atomic E-state index is 0.126. The molecule has 7 nitrogen and oxygen atoms in total. The lowest BCUT2D eigenvalue weighted by Crippen LogP contribution is -2.59. The molecule has 0 aromatic heterocycles. The van der Waals surface area contributed by atoms with Gasteiger partial charge < -0.3 is 21.3 Å². The zero-order valence-electron chi connectivity index (χ0n) is 19.9. The Morgan fingerprint density at radius 3 is 2.32 bits per heavy atom. The van der Waals surface area contributed by atoms with Crippen molar-refractivity contribution < 1.29 is 14.4 Å². The van der Waals surface area contributed by atoms with E-state index in [0.717, 1.165) is 19.3 Å². The summed E-state index contributed by atoms with van der Waals surface area (Å²) in [7, 11) is 1.57. The monoisotopic (exact) mass is 434 g/mol. The molecule has 0 aromatic carbocycles. The van der Waals surface area contributed by atoms with Gasteiger partial charge in [0, 0.05) is 13.1 Å². The predicted octanol–water partition coefficient (Wildman–Crippen LogP) is 2.83. The van der Waals surface area contributed by atoms with Gasteiger partial charge in [-0.2, -0.15) is 0 Å². The highest BCUT2D eigenvalue weighted by atomic mass is 16.2. The summed E-state index contributed by atoms with van der Waals surface area (Å²) >= 11 is 0. The average Bonchev–Trinajstić information content (AvgIpc) is 3.19. The molecule has 0 bridgehead atoms. The number of nitrogens with zero attached hydrogens (tertiary/aromatic N) is 1. The van der Waals surface area contributed by atoms with Crippen LogP contribution in [0.5, 0.6) is 0 Å². The highest BCUT2D eigenvalue weighted by Crippen LogP contribution is 2.32. The van der Waals surface area contributed by atoms with E-state index in [0.29, 0.717) is 12.8 Å². The van der Waals surface area contributed by atoms with Gasteiger partial charge >= 0.3 is 0 Å². The summed E-state index contributed by atoms with van der Waals surface area (Å²) in [5.41, 5.74) is 6.49. The van der Waals surface area contributed by atoms with Crippen LogP contribution in [0.1, 0.15) is 66.2 Å². The van der Waals surface area contributed by atoms with Crippen molar-refractivity contribution in [3.8, 4) is 0 Å². The quantitative estimate of drug-likeness (QED) is 0.559. The largest absolute Gasteiger partial charge is 0.357 e. The molecule has 2 saturated heterocycles. The van der Waals surface area contributed by atoms with Gasteiger partial charge in [-0.15, -0.1) is 0 Å². The molecular weight excluding hydrogens is 392 g/mol. The van der Waals surface area contributed by atoms with Gasteiger partial charge in [0.15, 0.2) is 0 Å². The summed E-state index contributed by atoms with van der Waals surface area (Å²) in [6.07, 6.45) is 13.3. The van der Waals surface area contributed by atoms with Crippen LogP contribution in [0, 0.1) is 0 Å². The van der Waals surface area contributed by atoms with E-state index in [2.05, 4.69) is 57.1 Å². The zero-order valence-corrected chi connectivity index (χ0v) is 19.9. The minimum atomic E-state index is -0.544. The van der Waals surface area contributed by atoms with E-state index in [9.17, 15) is 14.4 Å². The van der Waals surface area contributed by atoms with E-state index in [-0.39, 0.29) is 30.3 Å². The number of nitrogens with one attached hydrogen (secondary N) is 2. The maximum absolute atomic E-state index is 12.4. The van der Waals surface area contributed by atoms with Crippen molar-refractivity contribution in [2.24, 2.45) is 5.73 Å². The molecule has 7 heteroatoms. The number of fused-ring (bicyclic) bond motifs is 1. The van der Waals surface area contributed by atoms with Crippen LogP contribution in [0.25, 0.3) is 0 Å². The third kappa shape index (κ3) is 9.96. The molecule has 0 radical (unpaired) electrons. The molecule has 4 N–H and O–H groups in total. The van der Waals surface area contributed by atoms with E-state index >= 15 is 0 Å². The van der Waals surface area contributed by atoms with Gasteiger partial charge in [0.05, 0.1) is 6.54 Å². The number of allylic oxidation sites excluding steroid dienone is 5. The number of carbonyl (C=O) groups is 3. The van der Waals surface area contributed by atoms with E-state index in [1.165, 1.54) is 12.0 Å². The van der Waals surface area contributed by atoms with Crippen molar-refractivity contribution in [3.05, 3.63) is 36.5 Å². The van der Waals surface area contributed by atoms with Crippen LogP contribution in [0.3, 0.4) is 0 Å². The summed E-state index contributed by atoms with van der Waals surface area (Å²) < 4.78 is 0. The van der Waals surface area contributed by atoms with E-state index in [1.807, 2.05) is 6.08 Å². The third-order valence-corrected chi connectivity index (χ3v) is 4.91. The fraction of sp³-hybridized carbons (Fsp3) is 0.625. The Balaban J connectivity index is 0.000000631. The van der Waals surface area contributed by atoms with Crippen LogP contribution >= 0.6 is 0 Å². The molecule has 2 fully saturated rings. The molecule has 2 aliphatic heterocycles. The molecule has 3 amide bonds. The van der Waals surface area contributed by atoms with Crippen molar-refractivity contribution in [2.75, 3.05) is 13.6 Å².